The molecule has 28 heavy (non-hydrogen) atoms. The highest BCUT2D eigenvalue weighted by Gasteiger charge is 2.17. The molecule has 0 unspecified atom stereocenters. The molecule has 0 aliphatic heterocycles. The lowest BCUT2D eigenvalue weighted by atomic mass is 10.2. The smallest absolute Gasteiger partial charge is 0.263 e. The van der Waals surface area contributed by atoms with Gasteiger partial charge >= 0.3 is 0 Å². The number of hydrogen-bond acceptors (Lipinski definition) is 6. The first kappa shape index (κ1) is 17.9. The van der Waals surface area contributed by atoms with E-state index in [1.807, 2.05) is 12.1 Å². The Morgan fingerprint density at radius 3 is 2.82 bits per heavy atom. The lowest BCUT2D eigenvalue weighted by Crippen LogP contribution is -2.19. The van der Waals surface area contributed by atoms with Crippen LogP contribution >= 0.6 is 15.9 Å². The molecule has 0 fully saturated rings. The number of aromatic amines is 1. The molecule has 4 rings (SSSR count). The van der Waals surface area contributed by atoms with Crippen molar-refractivity contribution in [3.8, 4) is 11.6 Å². The minimum Gasteiger partial charge on any atom is -0.438 e. The van der Waals surface area contributed by atoms with Crippen molar-refractivity contribution >= 4 is 38.8 Å². The third-order valence-electron chi connectivity index (χ3n) is 3.88. The van der Waals surface area contributed by atoms with E-state index in [2.05, 4.69) is 41.3 Å². The summed E-state index contributed by atoms with van der Waals surface area (Å²) < 4.78 is 8.08. The fraction of sp³-hybridized carbons (Fsp3) is 0.0556. The van der Waals surface area contributed by atoms with Crippen LogP contribution in [0.3, 0.4) is 0 Å². The molecule has 1 aromatic carbocycles. The Bertz CT molecular complexity index is 1230. The average molecular weight is 441 g/mol. The number of aryl methyl sites for hydroxylation is 1. The summed E-state index contributed by atoms with van der Waals surface area (Å²) in [7, 11) is 1.66. The molecule has 0 atom stereocenters. The maximum Gasteiger partial charge on any atom is 0.263 e. The molecule has 2 N–H and O–H groups in total. The Hall–Kier alpha value is -3.53. The average Bonchev–Trinajstić information content (AvgIpc) is 3.05. The third-order valence-corrected chi connectivity index (χ3v) is 4.41. The van der Waals surface area contributed by atoms with Crippen LogP contribution in [0.25, 0.3) is 11.0 Å². The van der Waals surface area contributed by atoms with Gasteiger partial charge in [-0.3, -0.25) is 24.6 Å². The number of fused-ring (bicyclic) bond motifs is 1. The maximum absolute atomic E-state index is 12.7. The second-order valence-corrected chi connectivity index (χ2v) is 6.70. The number of nitrogens with zero attached hydrogens (tertiary/aromatic N) is 4. The van der Waals surface area contributed by atoms with Gasteiger partial charge in [-0.2, -0.15) is 10.1 Å². The SMILES string of the molecule is Cn1ncc2c(=O)[nH]c(NC(=O)c3cccnc3Oc3ccc(Br)cc3)nc21. The van der Waals surface area contributed by atoms with Crippen LogP contribution in [-0.4, -0.2) is 30.6 Å². The Morgan fingerprint density at radius 1 is 1.25 bits per heavy atom. The van der Waals surface area contributed by atoms with Gasteiger partial charge < -0.3 is 4.74 Å². The molecular formula is C18H13BrN6O3. The standard InChI is InChI=1S/C18H13BrN6O3/c1-25-14-13(9-21-25)16(27)24-18(22-14)23-15(26)12-3-2-8-20-17(12)28-11-6-4-10(19)5-7-11/h2-9H,1H3,(H2,22,23,24,26,27). The monoisotopic (exact) mass is 440 g/mol. The fourth-order valence-electron chi connectivity index (χ4n) is 2.53. The number of nitrogens with one attached hydrogen (secondary N) is 2. The molecule has 0 spiro atoms. The number of amides is 1. The molecule has 3 aromatic heterocycles. The lowest BCUT2D eigenvalue weighted by molar-refractivity contribution is 0.102. The molecule has 0 radical (unpaired) electrons. The molecule has 9 nitrogen and oxygen atoms in total. The zero-order valence-corrected chi connectivity index (χ0v) is 16.1. The first-order valence-electron chi connectivity index (χ1n) is 8.13. The molecule has 0 aliphatic rings. The van der Waals surface area contributed by atoms with Crippen LogP contribution < -0.4 is 15.6 Å². The van der Waals surface area contributed by atoms with Gasteiger partial charge in [0.25, 0.3) is 11.5 Å². The van der Waals surface area contributed by atoms with Gasteiger partial charge in [0, 0.05) is 17.7 Å². The number of anilines is 1. The van der Waals surface area contributed by atoms with Gasteiger partial charge in [0.05, 0.1) is 6.20 Å². The normalized spacial score (nSPS) is 10.8. The van der Waals surface area contributed by atoms with Crippen molar-refractivity contribution < 1.29 is 9.53 Å². The van der Waals surface area contributed by atoms with Gasteiger partial charge in [-0.25, -0.2) is 4.98 Å². The summed E-state index contributed by atoms with van der Waals surface area (Å²) in [6.07, 6.45) is 2.94. The number of H-pyrrole nitrogens is 1. The summed E-state index contributed by atoms with van der Waals surface area (Å²) >= 11 is 3.35. The summed E-state index contributed by atoms with van der Waals surface area (Å²) in [5, 5.41) is 6.89. The van der Waals surface area contributed by atoms with Gasteiger partial charge in [0.1, 0.15) is 16.7 Å². The van der Waals surface area contributed by atoms with Crippen LogP contribution in [-0.2, 0) is 7.05 Å². The molecule has 3 heterocycles. The topological polar surface area (TPSA) is 115 Å². The number of ether oxygens (including phenoxy) is 1. The molecule has 1 amide bonds. The molecule has 0 saturated heterocycles. The van der Waals surface area contributed by atoms with E-state index in [9.17, 15) is 9.59 Å². The van der Waals surface area contributed by atoms with E-state index < -0.39 is 11.5 Å². The van der Waals surface area contributed by atoms with Crippen molar-refractivity contribution in [2.24, 2.45) is 7.05 Å². The van der Waals surface area contributed by atoms with Crippen LogP contribution in [0.1, 0.15) is 10.4 Å². The Balaban J connectivity index is 1.63. The number of aromatic nitrogens is 5. The quantitative estimate of drug-likeness (QED) is 0.504. The minimum atomic E-state index is -0.523. The van der Waals surface area contributed by atoms with E-state index in [1.54, 1.807) is 31.3 Å². The van der Waals surface area contributed by atoms with Crippen molar-refractivity contribution in [3.63, 3.8) is 0 Å². The first-order chi connectivity index (χ1) is 13.5. The van der Waals surface area contributed by atoms with Gasteiger partial charge in [-0.15, -0.1) is 0 Å². The van der Waals surface area contributed by atoms with Crippen molar-refractivity contribution in [2.45, 2.75) is 0 Å². The van der Waals surface area contributed by atoms with Crippen molar-refractivity contribution in [3.05, 3.63) is 69.2 Å². The highest BCUT2D eigenvalue weighted by atomic mass is 79.9. The summed E-state index contributed by atoms with van der Waals surface area (Å²) in [6.45, 7) is 0. The second-order valence-electron chi connectivity index (χ2n) is 5.79. The van der Waals surface area contributed by atoms with Crippen LogP contribution in [0.5, 0.6) is 11.6 Å². The zero-order chi connectivity index (χ0) is 19.7. The Kier molecular flexibility index (Phi) is 4.62. The predicted octanol–water partition coefficient (Wildman–Crippen LogP) is 2.86. The number of halogens is 1. The summed E-state index contributed by atoms with van der Waals surface area (Å²) in [4.78, 5) is 35.7. The summed E-state index contributed by atoms with van der Waals surface area (Å²) in [6, 6.07) is 10.3. The second kappa shape index (κ2) is 7.24. The van der Waals surface area contributed by atoms with Crippen LogP contribution in [0.2, 0.25) is 0 Å². The van der Waals surface area contributed by atoms with Crippen molar-refractivity contribution in [2.75, 3.05) is 5.32 Å². The Labute approximate surface area is 166 Å². The number of benzene rings is 1. The number of rotatable bonds is 4. The minimum absolute atomic E-state index is 0.00421. The molecule has 140 valence electrons. The highest BCUT2D eigenvalue weighted by Crippen LogP contribution is 2.25. The van der Waals surface area contributed by atoms with E-state index in [0.717, 1.165) is 4.47 Å². The maximum atomic E-state index is 12.7. The van der Waals surface area contributed by atoms with Crippen LogP contribution in [0, 0.1) is 0 Å². The molecular weight excluding hydrogens is 428 g/mol. The van der Waals surface area contributed by atoms with Gasteiger partial charge in [0.15, 0.2) is 5.65 Å². The molecule has 10 heteroatoms. The number of hydrogen-bond donors (Lipinski definition) is 2. The van der Waals surface area contributed by atoms with E-state index in [1.165, 1.54) is 17.1 Å². The van der Waals surface area contributed by atoms with E-state index in [-0.39, 0.29) is 17.4 Å². The van der Waals surface area contributed by atoms with Crippen molar-refractivity contribution in [1.29, 1.82) is 0 Å². The van der Waals surface area contributed by atoms with E-state index in [0.29, 0.717) is 16.8 Å². The fourth-order valence-corrected chi connectivity index (χ4v) is 2.79. The van der Waals surface area contributed by atoms with E-state index in [4.69, 9.17) is 4.74 Å². The van der Waals surface area contributed by atoms with E-state index >= 15 is 0 Å². The van der Waals surface area contributed by atoms with Crippen molar-refractivity contribution in [1.82, 2.24) is 24.7 Å². The van der Waals surface area contributed by atoms with Crippen LogP contribution in [0.4, 0.5) is 5.95 Å². The van der Waals surface area contributed by atoms with Gasteiger partial charge in [0.2, 0.25) is 11.8 Å². The highest BCUT2D eigenvalue weighted by molar-refractivity contribution is 9.10. The van der Waals surface area contributed by atoms with Gasteiger partial charge in [-0.05, 0) is 36.4 Å². The number of carbonyl (C=O) groups excluding carboxylic acids is 1. The molecule has 0 aliphatic carbocycles. The molecule has 0 bridgehead atoms. The Morgan fingerprint density at radius 2 is 2.04 bits per heavy atom. The molecule has 0 saturated carbocycles. The lowest BCUT2D eigenvalue weighted by Gasteiger charge is -2.10. The first-order valence-corrected chi connectivity index (χ1v) is 8.92. The number of pyridine rings is 1. The third kappa shape index (κ3) is 3.49. The largest absolute Gasteiger partial charge is 0.438 e. The summed E-state index contributed by atoms with van der Waals surface area (Å²) in [5.74, 6) is 0.138. The summed E-state index contributed by atoms with van der Waals surface area (Å²) in [5.41, 5.74) is 0.153. The van der Waals surface area contributed by atoms with Gasteiger partial charge in [-0.1, -0.05) is 15.9 Å². The number of carbonyl (C=O) groups is 1. The predicted molar refractivity (Wildman–Crippen MR) is 106 cm³/mol. The zero-order valence-electron chi connectivity index (χ0n) is 14.5. The molecule has 4 aromatic rings. The van der Waals surface area contributed by atoms with Crippen LogP contribution in [0.15, 0.2) is 58.1 Å².